The van der Waals surface area contributed by atoms with E-state index >= 15 is 0 Å². The van der Waals surface area contributed by atoms with Crippen LogP contribution in [0.2, 0.25) is 0 Å². The fraction of sp³-hybridized carbons (Fsp3) is 0.391. The molecule has 0 radical (unpaired) electrons. The second kappa shape index (κ2) is 10.6. The van der Waals surface area contributed by atoms with Gasteiger partial charge in [-0.1, -0.05) is 55.5 Å². The Hall–Kier alpha value is -2.41. The van der Waals surface area contributed by atoms with Gasteiger partial charge in [0.1, 0.15) is 5.82 Å². The van der Waals surface area contributed by atoms with E-state index in [-0.39, 0.29) is 24.0 Å². The highest BCUT2D eigenvalue weighted by molar-refractivity contribution is 5.85. The molecule has 1 atom stereocenters. The van der Waals surface area contributed by atoms with Crippen molar-refractivity contribution in [3.63, 3.8) is 0 Å². The third kappa shape index (κ3) is 4.83. The van der Waals surface area contributed by atoms with Crippen LogP contribution < -0.4 is 5.69 Å². The van der Waals surface area contributed by atoms with Crippen molar-refractivity contribution in [2.24, 2.45) is 0 Å². The lowest BCUT2D eigenvalue weighted by atomic mass is 9.95. The van der Waals surface area contributed by atoms with Crippen LogP contribution in [0.25, 0.3) is 5.69 Å². The Bertz CT molecular complexity index is 966. The van der Waals surface area contributed by atoms with Crippen molar-refractivity contribution in [1.82, 2.24) is 19.2 Å². The van der Waals surface area contributed by atoms with Gasteiger partial charge in [0.15, 0.2) is 0 Å². The number of aromatic nitrogens is 3. The Balaban J connectivity index is 0.00000256. The molecule has 0 saturated carbocycles. The number of hydrogen-bond donors (Lipinski definition) is 0. The van der Waals surface area contributed by atoms with Crippen LogP contribution in [0.4, 0.5) is 0 Å². The lowest BCUT2D eigenvalue weighted by Gasteiger charge is -2.26. The standard InChI is InChI=1S/C23H28N4O2.ClH/c1-2-21(19-9-5-3-6-10-19)22-24-27(20-11-7-4-8-12-20)23(28)26(22)14-13-25-15-17-29-18-16-25;/h3-12,21H,2,13-18H2,1H3;1H. The average molecular weight is 429 g/mol. The quantitative estimate of drug-likeness (QED) is 0.579. The number of para-hydroxylation sites is 1. The predicted molar refractivity (Wildman–Crippen MR) is 121 cm³/mol. The first kappa shape index (κ1) is 22.3. The van der Waals surface area contributed by atoms with E-state index in [4.69, 9.17) is 9.84 Å². The second-order valence-electron chi connectivity index (χ2n) is 7.37. The van der Waals surface area contributed by atoms with Crippen LogP contribution in [0.1, 0.15) is 30.7 Å². The third-order valence-corrected chi connectivity index (χ3v) is 5.56. The zero-order chi connectivity index (χ0) is 20.1. The first-order chi connectivity index (χ1) is 14.3. The molecule has 3 aromatic rings. The molecule has 2 heterocycles. The molecule has 7 heteroatoms. The van der Waals surface area contributed by atoms with Crippen molar-refractivity contribution in [2.45, 2.75) is 25.8 Å². The Kier molecular flexibility index (Phi) is 7.85. The normalized spacial score (nSPS) is 15.5. The molecule has 1 aliphatic rings. The maximum absolute atomic E-state index is 13.3. The number of ether oxygens (including phenoxy) is 1. The summed E-state index contributed by atoms with van der Waals surface area (Å²) in [5.41, 5.74) is 1.91. The monoisotopic (exact) mass is 428 g/mol. The van der Waals surface area contributed by atoms with E-state index in [1.54, 1.807) is 4.68 Å². The maximum atomic E-state index is 13.3. The van der Waals surface area contributed by atoms with Gasteiger partial charge >= 0.3 is 5.69 Å². The Morgan fingerprint density at radius 3 is 2.23 bits per heavy atom. The van der Waals surface area contributed by atoms with Crippen LogP contribution in [-0.4, -0.2) is 52.1 Å². The summed E-state index contributed by atoms with van der Waals surface area (Å²) in [6, 6.07) is 20.0. The second-order valence-corrected chi connectivity index (χ2v) is 7.37. The van der Waals surface area contributed by atoms with Gasteiger partial charge in [-0.25, -0.2) is 4.79 Å². The average Bonchev–Trinajstić information content (AvgIpc) is 3.11. The van der Waals surface area contributed by atoms with E-state index < -0.39 is 0 Å². The van der Waals surface area contributed by atoms with Crippen molar-refractivity contribution < 1.29 is 4.74 Å². The Morgan fingerprint density at radius 1 is 0.967 bits per heavy atom. The van der Waals surface area contributed by atoms with Crippen molar-refractivity contribution in [2.75, 3.05) is 32.8 Å². The molecule has 4 rings (SSSR count). The topological polar surface area (TPSA) is 52.3 Å². The van der Waals surface area contributed by atoms with Gasteiger partial charge in [0.05, 0.1) is 18.9 Å². The van der Waals surface area contributed by atoms with E-state index in [9.17, 15) is 4.79 Å². The molecule has 0 N–H and O–H groups in total. The number of rotatable bonds is 7. The zero-order valence-electron chi connectivity index (χ0n) is 17.3. The molecule has 1 aromatic heterocycles. The van der Waals surface area contributed by atoms with Gasteiger partial charge in [0, 0.05) is 32.1 Å². The van der Waals surface area contributed by atoms with Crippen LogP contribution in [0, 0.1) is 0 Å². The summed E-state index contributed by atoms with van der Waals surface area (Å²) in [6.07, 6.45) is 0.882. The molecule has 1 fully saturated rings. The molecular formula is C23H29ClN4O2. The Labute approximate surface area is 183 Å². The molecule has 30 heavy (non-hydrogen) atoms. The lowest BCUT2D eigenvalue weighted by molar-refractivity contribution is 0.0361. The highest BCUT2D eigenvalue weighted by Crippen LogP contribution is 2.26. The minimum absolute atomic E-state index is 0. The molecule has 0 bridgehead atoms. The van der Waals surface area contributed by atoms with Gasteiger partial charge in [-0.2, -0.15) is 4.68 Å². The van der Waals surface area contributed by atoms with Crippen molar-refractivity contribution >= 4 is 12.4 Å². The lowest BCUT2D eigenvalue weighted by Crippen LogP contribution is -2.39. The zero-order valence-corrected chi connectivity index (χ0v) is 18.1. The van der Waals surface area contributed by atoms with Crippen molar-refractivity contribution in [3.05, 3.63) is 82.5 Å². The van der Waals surface area contributed by atoms with Gasteiger partial charge in [0.2, 0.25) is 0 Å². The van der Waals surface area contributed by atoms with Crippen LogP contribution >= 0.6 is 12.4 Å². The van der Waals surface area contributed by atoms with E-state index in [0.29, 0.717) is 6.54 Å². The maximum Gasteiger partial charge on any atom is 0.350 e. The van der Waals surface area contributed by atoms with E-state index in [1.807, 2.05) is 53.1 Å². The fourth-order valence-corrected chi connectivity index (χ4v) is 3.94. The minimum Gasteiger partial charge on any atom is -0.379 e. The number of morpholine rings is 1. The summed E-state index contributed by atoms with van der Waals surface area (Å²) in [4.78, 5) is 15.7. The molecule has 160 valence electrons. The first-order valence-corrected chi connectivity index (χ1v) is 10.4. The highest BCUT2D eigenvalue weighted by atomic mass is 35.5. The summed E-state index contributed by atoms with van der Waals surface area (Å²) in [5, 5.41) is 4.82. The van der Waals surface area contributed by atoms with E-state index in [0.717, 1.165) is 50.8 Å². The van der Waals surface area contributed by atoms with Crippen LogP contribution in [0.5, 0.6) is 0 Å². The molecule has 1 saturated heterocycles. The number of hydrogen-bond acceptors (Lipinski definition) is 4. The highest BCUT2D eigenvalue weighted by Gasteiger charge is 2.23. The summed E-state index contributed by atoms with van der Waals surface area (Å²) >= 11 is 0. The minimum atomic E-state index is -0.0751. The van der Waals surface area contributed by atoms with Crippen LogP contribution in [0.15, 0.2) is 65.5 Å². The summed E-state index contributed by atoms with van der Waals surface area (Å²) in [6.45, 7) is 6.93. The summed E-state index contributed by atoms with van der Waals surface area (Å²) in [5.74, 6) is 0.916. The number of nitrogens with zero attached hydrogens (tertiary/aromatic N) is 4. The largest absolute Gasteiger partial charge is 0.379 e. The SMILES string of the molecule is CCC(c1ccccc1)c1nn(-c2ccccc2)c(=O)n1CCN1CCOCC1.Cl. The van der Waals surface area contributed by atoms with E-state index in [1.165, 1.54) is 5.56 Å². The molecule has 0 amide bonds. The molecule has 1 unspecified atom stereocenters. The molecular weight excluding hydrogens is 400 g/mol. The smallest absolute Gasteiger partial charge is 0.350 e. The fourth-order valence-electron chi connectivity index (χ4n) is 3.94. The van der Waals surface area contributed by atoms with Gasteiger partial charge in [-0.05, 0) is 24.1 Å². The van der Waals surface area contributed by atoms with Crippen molar-refractivity contribution in [3.8, 4) is 5.69 Å². The van der Waals surface area contributed by atoms with E-state index in [2.05, 4.69) is 24.0 Å². The molecule has 2 aromatic carbocycles. The molecule has 0 spiro atoms. The van der Waals surface area contributed by atoms with Crippen LogP contribution in [-0.2, 0) is 11.3 Å². The third-order valence-electron chi connectivity index (χ3n) is 5.56. The number of benzene rings is 2. The first-order valence-electron chi connectivity index (χ1n) is 10.4. The van der Waals surface area contributed by atoms with Crippen LogP contribution in [0.3, 0.4) is 0 Å². The van der Waals surface area contributed by atoms with Gasteiger partial charge in [0.25, 0.3) is 0 Å². The summed E-state index contributed by atoms with van der Waals surface area (Å²) in [7, 11) is 0. The van der Waals surface area contributed by atoms with Gasteiger partial charge < -0.3 is 4.74 Å². The Morgan fingerprint density at radius 2 is 1.60 bits per heavy atom. The predicted octanol–water partition coefficient (Wildman–Crippen LogP) is 3.33. The molecule has 1 aliphatic heterocycles. The van der Waals surface area contributed by atoms with Crippen molar-refractivity contribution in [1.29, 1.82) is 0 Å². The molecule has 0 aliphatic carbocycles. The van der Waals surface area contributed by atoms with Gasteiger partial charge in [-0.3, -0.25) is 9.47 Å². The van der Waals surface area contributed by atoms with Gasteiger partial charge in [-0.15, -0.1) is 17.5 Å². The number of halogens is 1. The summed E-state index contributed by atoms with van der Waals surface area (Å²) < 4.78 is 8.85. The molecule has 6 nitrogen and oxygen atoms in total.